The number of aryl methyl sites for hydroxylation is 2. The highest BCUT2D eigenvalue weighted by molar-refractivity contribution is 5.96. The number of carbonyl (C=O) groups is 1. The van der Waals surface area contributed by atoms with E-state index in [4.69, 9.17) is 9.72 Å². The number of fused-ring (bicyclic) bond motifs is 8. The maximum absolute atomic E-state index is 14.5. The van der Waals surface area contributed by atoms with Crippen molar-refractivity contribution in [2.75, 3.05) is 24.7 Å². The molecule has 4 heterocycles. The van der Waals surface area contributed by atoms with E-state index in [0.717, 1.165) is 24.1 Å². The minimum absolute atomic E-state index is 0.116. The average molecular weight is 449 g/mol. The topological polar surface area (TPSA) is 89.3 Å². The standard InChI is InChI=1S/C23H24FN7O2/c1-13-22-25-21(27-26-13)18-10-29(2)28-19(18)11-31(15-4-5-15)23(32)16-6-3-14(24)9-17(16)20-12-33-8-7-30(20)22/h3,6,9-10,15,20H,4-5,7-8,11-12H2,1-2H3/t20-/m1/s1. The Bertz CT molecular complexity index is 1260. The van der Waals surface area contributed by atoms with Crippen LogP contribution in [0.15, 0.2) is 24.4 Å². The molecule has 1 amide bonds. The largest absolute Gasteiger partial charge is 0.377 e. The number of hydrogen-bond donors (Lipinski definition) is 0. The number of nitrogens with zero attached hydrogens (tertiary/aromatic N) is 7. The van der Waals surface area contributed by atoms with E-state index in [1.807, 2.05) is 25.1 Å². The Morgan fingerprint density at radius 3 is 2.82 bits per heavy atom. The fourth-order valence-electron chi connectivity index (χ4n) is 4.78. The van der Waals surface area contributed by atoms with Crippen LogP contribution in [0.4, 0.5) is 10.2 Å². The molecule has 1 aliphatic carbocycles. The third kappa shape index (κ3) is 3.45. The maximum Gasteiger partial charge on any atom is 0.254 e. The lowest BCUT2D eigenvalue weighted by Gasteiger charge is -2.38. The monoisotopic (exact) mass is 449 g/mol. The van der Waals surface area contributed by atoms with Crippen LogP contribution in [0.1, 0.15) is 46.2 Å². The summed E-state index contributed by atoms with van der Waals surface area (Å²) >= 11 is 0. The SMILES string of the molecule is Cc1nnc2nc1N1CCOC[C@@H]1c1cc(F)ccc1C(=O)N(C1CC1)Cc1nn(C)cc1-2. The number of anilines is 1. The number of amides is 1. The second kappa shape index (κ2) is 7.58. The van der Waals surface area contributed by atoms with Gasteiger partial charge in [-0.25, -0.2) is 9.37 Å². The lowest BCUT2D eigenvalue weighted by Crippen LogP contribution is -2.42. The minimum Gasteiger partial charge on any atom is -0.377 e. The highest BCUT2D eigenvalue weighted by atomic mass is 19.1. The Balaban J connectivity index is 1.61. The van der Waals surface area contributed by atoms with Crippen LogP contribution < -0.4 is 4.90 Å². The first kappa shape index (κ1) is 20.2. The second-order valence-corrected chi connectivity index (χ2v) is 8.89. The van der Waals surface area contributed by atoms with Gasteiger partial charge in [-0.15, -0.1) is 10.2 Å². The molecule has 0 N–H and O–H groups in total. The maximum atomic E-state index is 14.5. The molecule has 1 saturated heterocycles. The number of ether oxygens (including phenoxy) is 1. The van der Waals surface area contributed by atoms with Crippen LogP contribution in [0.2, 0.25) is 0 Å². The van der Waals surface area contributed by atoms with Crippen LogP contribution in [0.3, 0.4) is 0 Å². The van der Waals surface area contributed by atoms with E-state index >= 15 is 0 Å². The van der Waals surface area contributed by atoms with Gasteiger partial charge in [0.05, 0.1) is 37.1 Å². The molecule has 1 aromatic carbocycles. The highest BCUT2D eigenvalue weighted by Gasteiger charge is 2.38. The summed E-state index contributed by atoms with van der Waals surface area (Å²) in [7, 11) is 1.84. The van der Waals surface area contributed by atoms with Crippen molar-refractivity contribution in [3.8, 4) is 11.4 Å². The minimum atomic E-state index is -0.387. The second-order valence-electron chi connectivity index (χ2n) is 8.89. The van der Waals surface area contributed by atoms with Crippen LogP contribution in [0, 0.1) is 12.7 Å². The van der Waals surface area contributed by atoms with Gasteiger partial charge in [0, 0.05) is 31.4 Å². The normalized spacial score (nSPS) is 20.5. The quantitative estimate of drug-likeness (QED) is 0.564. The van der Waals surface area contributed by atoms with Gasteiger partial charge in [0.15, 0.2) is 11.6 Å². The van der Waals surface area contributed by atoms with E-state index in [1.165, 1.54) is 12.1 Å². The Morgan fingerprint density at radius 1 is 1.15 bits per heavy atom. The molecule has 1 atom stereocenters. The van der Waals surface area contributed by atoms with Gasteiger partial charge < -0.3 is 14.5 Å². The molecule has 2 aliphatic heterocycles. The van der Waals surface area contributed by atoms with Crippen molar-refractivity contribution in [1.29, 1.82) is 0 Å². The van der Waals surface area contributed by atoms with Gasteiger partial charge in [-0.2, -0.15) is 5.10 Å². The molecule has 2 fully saturated rings. The first-order chi connectivity index (χ1) is 16.0. The number of halogens is 1. The van der Waals surface area contributed by atoms with E-state index < -0.39 is 0 Å². The summed E-state index contributed by atoms with van der Waals surface area (Å²) in [5.41, 5.74) is 3.23. The first-order valence-corrected chi connectivity index (χ1v) is 11.2. The number of hydrogen-bond acceptors (Lipinski definition) is 7. The third-order valence-corrected chi connectivity index (χ3v) is 6.55. The van der Waals surface area contributed by atoms with E-state index in [0.29, 0.717) is 54.8 Å². The number of benzene rings is 1. The molecule has 0 radical (unpaired) electrons. The van der Waals surface area contributed by atoms with Gasteiger partial charge in [0.25, 0.3) is 5.91 Å². The van der Waals surface area contributed by atoms with Crippen LogP contribution in [0.5, 0.6) is 0 Å². The summed E-state index contributed by atoms with van der Waals surface area (Å²) in [5, 5.41) is 13.4. The van der Waals surface area contributed by atoms with E-state index in [1.54, 1.807) is 10.7 Å². The number of carbonyl (C=O) groups excluding carboxylic acids is 1. The fourth-order valence-corrected chi connectivity index (χ4v) is 4.78. The molecule has 0 spiro atoms. The average Bonchev–Trinajstić information content (AvgIpc) is 3.59. The van der Waals surface area contributed by atoms with Crippen molar-refractivity contribution in [3.05, 3.63) is 52.7 Å². The van der Waals surface area contributed by atoms with Gasteiger partial charge in [0.1, 0.15) is 11.5 Å². The number of aromatic nitrogens is 5. The lowest BCUT2D eigenvalue weighted by molar-refractivity contribution is 0.0718. The van der Waals surface area contributed by atoms with Gasteiger partial charge in [-0.1, -0.05) is 0 Å². The van der Waals surface area contributed by atoms with Gasteiger partial charge in [-0.3, -0.25) is 9.48 Å². The molecule has 1 saturated carbocycles. The molecule has 3 aliphatic rings. The predicted octanol–water partition coefficient (Wildman–Crippen LogP) is 2.42. The van der Waals surface area contributed by atoms with Crippen molar-refractivity contribution in [2.24, 2.45) is 7.05 Å². The fraction of sp³-hybridized carbons (Fsp3) is 0.435. The Hall–Kier alpha value is -3.40. The van der Waals surface area contributed by atoms with Gasteiger partial charge in [0.2, 0.25) is 0 Å². The smallest absolute Gasteiger partial charge is 0.254 e. The van der Waals surface area contributed by atoms with Gasteiger partial charge in [-0.05, 0) is 43.5 Å². The van der Waals surface area contributed by atoms with Crippen molar-refractivity contribution in [1.82, 2.24) is 29.9 Å². The molecule has 9 nitrogen and oxygen atoms in total. The zero-order valence-electron chi connectivity index (χ0n) is 18.5. The molecule has 2 aromatic heterocycles. The highest BCUT2D eigenvalue weighted by Crippen LogP contribution is 2.37. The van der Waals surface area contributed by atoms with Crippen molar-refractivity contribution in [2.45, 2.75) is 38.4 Å². The third-order valence-electron chi connectivity index (χ3n) is 6.55. The molecule has 2 bridgehead atoms. The molecule has 10 heteroatoms. The first-order valence-electron chi connectivity index (χ1n) is 11.2. The zero-order valence-corrected chi connectivity index (χ0v) is 18.5. The van der Waals surface area contributed by atoms with Crippen LogP contribution in [0.25, 0.3) is 11.4 Å². The van der Waals surface area contributed by atoms with Gasteiger partial charge >= 0.3 is 0 Å². The lowest BCUT2D eigenvalue weighted by atomic mass is 9.96. The Kier molecular flexibility index (Phi) is 4.65. The summed E-state index contributed by atoms with van der Waals surface area (Å²) < 4.78 is 22.0. The van der Waals surface area contributed by atoms with Crippen LogP contribution in [-0.4, -0.2) is 61.6 Å². The van der Waals surface area contributed by atoms with E-state index in [-0.39, 0.29) is 23.8 Å². The Labute approximate surface area is 190 Å². The van der Waals surface area contributed by atoms with Crippen molar-refractivity contribution < 1.29 is 13.9 Å². The summed E-state index contributed by atoms with van der Waals surface area (Å²) in [6.07, 6.45) is 3.75. The summed E-state index contributed by atoms with van der Waals surface area (Å²) in [6.45, 7) is 3.55. The van der Waals surface area contributed by atoms with E-state index in [2.05, 4.69) is 20.2 Å². The summed E-state index contributed by atoms with van der Waals surface area (Å²) in [6, 6.07) is 4.17. The summed E-state index contributed by atoms with van der Waals surface area (Å²) in [5.74, 6) is 0.620. The number of rotatable bonds is 1. The molecule has 170 valence electrons. The molecule has 3 aromatic rings. The molecule has 6 rings (SSSR count). The summed E-state index contributed by atoms with van der Waals surface area (Å²) in [4.78, 5) is 22.7. The molecule has 0 unspecified atom stereocenters. The zero-order chi connectivity index (χ0) is 22.7. The van der Waals surface area contributed by atoms with E-state index in [9.17, 15) is 9.18 Å². The van der Waals surface area contributed by atoms with Crippen LogP contribution >= 0.6 is 0 Å². The molecular formula is C23H24FN7O2. The Morgan fingerprint density at radius 2 is 2.00 bits per heavy atom. The van der Waals surface area contributed by atoms with Crippen LogP contribution in [-0.2, 0) is 18.3 Å². The van der Waals surface area contributed by atoms with Crippen molar-refractivity contribution >= 4 is 11.7 Å². The predicted molar refractivity (Wildman–Crippen MR) is 117 cm³/mol. The molecular weight excluding hydrogens is 425 g/mol. The van der Waals surface area contributed by atoms with Crippen molar-refractivity contribution in [3.63, 3.8) is 0 Å². The number of morpholine rings is 1. The molecule has 33 heavy (non-hydrogen) atoms.